The van der Waals surface area contributed by atoms with Gasteiger partial charge in [0.25, 0.3) is 0 Å². The van der Waals surface area contributed by atoms with Crippen LogP contribution in [0.25, 0.3) is 0 Å². The maximum Gasteiger partial charge on any atom is 0.171 e. The predicted octanol–water partition coefficient (Wildman–Crippen LogP) is 2.76. The number of hydrogen-bond donors (Lipinski definition) is 0. The molecule has 0 saturated carbocycles. The fourth-order valence-corrected chi connectivity index (χ4v) is 2.32. The van der Waals surface area contributed by atoms with Crippen molar-refractivity contribution >= 4 is 5.78 Å². The molecule has 2 rings (SSSR count). The topological polar surface area (TPSA) is 35.5 Å². The van der Waals surface area contributed by atoms with Gasteiger partial charge in [-0.2, -0.15) is 0 Å². The number of benzene rings is 1. The van der Waals surface area contributed by atoms with E-state index in [-0.39, 0.29) is 11.7 Å². The molecular formula is C15H20O3. The number of rotatable bonds is 5. The lowest BCUT2D eigenvalue weighted by molar-refractivity contribution is -0.138. The number of carbonyl (C=O) groups excluding carboxylic acids is 1. The van der Waals surface area contributed by atoms with Gasteiger partial charge in [0.15, 0.2) is 5.78 Å². The van der Waals surface area contributed by atoms with Crippen molar-refractivity contribution in [1.82, 2.24) is 0 Å². The third-order valence-corrected chi connectivity index (χ3v) is 3.26. The molecule has 0 bridgehead atoms. The Morgan fingerprint density at radius 2 is 2.22 bits per heavy atom. The summed E-state index contributed by atoms with van der Waals surface area (Å²) in [5.74, 6) is 0.137. The monoisotopic (exact) mass is 248 g/mol. The van der Waals surface area contributed by atoms with Crippen molar-refractivity contribution in [3.05, 3.63) is 35.9 Å². The van der Waals surface area contributed by atoms with Crippen molar-refractivity contribution < 1.29 is 14.3 Å². The van der Waals surface area contributed by atoms with Crippen LogP contribution in [0.4, 0.5) is 0 Å². The Balaban J connectivity index is 2.11. The van der Waals surface area contributed by atoms with Crippen LogP contribution in [0.2, 0.25) is 0 Å². The van der Waals surface area contributed by atoms with Gasteiger partial charge < -0.3 is 9.47 Å². The minimum absolute atomic E-state index is 0.0180. The zero-order valence-electron chi connectivity index (χ0n) is 10.8. The highest BCUT2D eigenvalue weighted by molar-refractivity contribution is 5.86. The van der Waals surface area contributed by atoms with Crippen LogP contribution in [0.15, 0.2) is 30.3 Å². The minimum atomic E-state index is -0.442. The lowest BCUT2D eigenvalue weighted by atomic mass is 9.91. The van der Waals surface area contributed by atoms with Crippen LogP contribution in [0.5, 0.6) is 0 Å². The van der Waals surface area contributed by atoms with Crippen molar-refractivity contribution in [2.45, 2.75) is 25.9 Å². The molecule has 1 aromatic carbocycles. The molecule has 0 N–H and O–H groups in total. The molecule has 0 radical (unpaired) electrons. The van der Waals surface area contributed by atoms with Crippen molar-refractivity contribution in [3.63, 3.8) is 0 Å². The first-order chi connectivity index (χ1) is 8.83. The Kier molecular flexibility index (Phi) is 4.90. The largest absolute Gasteiger partial charge is 0.381 e. The van der Waals surface area contributed by atoms with E-state index >= 15 is 0 Å². The molecule has 1 aliphatic rings. The summed E-state index contributed by atoms with van der Waals surface area (Å²) >= 11 is 0. The van der Waals surface area contributed by atoms with Crippen molar-refractivity contribution in [2.24, 2.45) is 5.92 Å². The Labute approximate surface area is 108 Å². The number of Topliss-reactive ketones (excluding diaryl/α,β-unsaturated/α-hetero) is 1. The molecule has 1 heterocycles. The second kappa shape index (κ2) is 6.66. The molecule has 0 amide bonds. The van der Waals surface area contributed by atoms with Crippen molar-refractivity contribution in [3.8, 4) is 0 Å². The molecule has 18 heavy (non-hydrogen) atoms. The molecule has 1 aromatic rings. The Morgan fingerprint density at radius 3 is 2.83 bits per heavy atom. The molecule has 1 aliphatic heterocycles. The Morgan fingerprint density at radius 1 is 1.44 bits per heavy atom. The SMILES string of the molecule is CCOC(C(=O)C1CCCOC1)c1ccccc1. The standard InChI is InChI=1S/C15H20O3/c1-2-18-15(12-7-4-3-5-8-12)14(16)13-9-6-10-17-11-13/h3-5,7-8,13,15H,2,6,9-11H2,1H3. The van der Waals surface area contributed by atoms with Crippen LogP contribution in [0.3, 0.4) is 0 Å². The van der Waals surface area contributed by atoms with Gasteiger partial charge in [-0.25, -0.2) is 0 Å². The van der Waals surface area contributed by atoms with Crippen LogP contribution in [0.1, 0.15) is 31.4 Å². The van der Waals surface area contributed by atoms with E-state index in [1.54, 1.807) is 0 Å². The molecule has 3 heteroatoms. The van der Waals surface area contributed by atoms with E-state index in [0.29, 0.717) is 13.2 Å². The Hall–Kier alpha value is -1.19. The highest BCUT2D eigenvalue weighted by atomic mass is 16.5. The van der Waals surface area contributed by atoms with Crippen molar-refractivity contribution in [1.29, 1.82) is 0 Å². The first-order valence-electron chi connectivity index (χ1n) is 6.61. The van der Waals surface area contributed by atoms with Gasteiger partial charge in [-0.1, -0.05) is 30.3 Å². The van der Waals surface area contributed by atoms with Gasteiger partial charge in [0.05, 0.1) is 6.61 Å². The zero-order chi connectivity index (χ0) is 12.8. The van der Waals surface area contributed by atoms with Gasteiger partial charge >= 0.3 is 0 Å². The van der Waals surface area contributed by atoms with Crippen LogP contribution in [0, 0.1) is 5.92 Å². The molecular weight excluding hydrogens is 228 g/mol. The van der Waals surface area contributed by atoms with Crippen LogP contribution in [-0.4, -0.2) is 25.6 Å². The Bertz CT molecular complexity index is 369. The smallest absolute Gasteiger partial charge is 0.171 e. The normalized spacial score (nSPS) is 21.5. The van der Waals surface area contributed by atoms with E-state index in [9.17, 15) is 4.79 Å². The first-order valence-corrected chi connectivity index (χ1v) is 6.61. The molecule has 0 aliphatic carbocycles. The maximum absolute atomic E-state index is 12.5. The van der Waals surface area contributed by atoms with Gasteiger partial charge in [0.1, 0.15) is 6.10 Å². The first kappa shape index (κ1) is 13.2. The fourth-order valence-electron chi connectivity index (χ4n) is 2.32. The maximum atomic E-state index is 12.5. The number of hydrogen-bond acceptors (Lipinski definition) is 3. The molecule has 2 atom stereocenters. The summed E-state index contributed by atoms with van der Waals surface area (Å²) in [7, 11) is 0. The summed E-state index contributed by atoms with van der Waals surface area (Å²) in [6, 6.07) is 9.71. The summed E-state index contributed by atoms with van der Waals surface area (Å²) < 4.78 is 11.0. The van der Waals surface area contributed by atoms with E-state index in [2.05, 4.69) is 0 Å². The quantitative estimate of drug-likeness (QED) is 0.803. The number of carbonyl (C=O) groups is 1. The molecule has 3 nitrogen and oxygen atoms in total. The van der Waals surface area contributed by atoms with E-state index < -0.39 is 6.10 Å². The third-order valence-electron chi connectivity index (χ3n) is 3.26. The van der Waals surface area contributed by atoms with Crippen molar-refractivity contribution in [2.75, 3.05) is 19.8 Å². The summed E-state index contributed by atoms with van der Waals surface area (Å²) in [6.45, 7) is 3.77. The van der Waals surface area contributed by atoms with Crippen LogP contribution < -0.4 is 0 Å². The molecule has 0 spiro atoms. The van der Waals surface area contributed by atoms with Gasteiger partial charge in [-0.15, -0.1) is 0 Å². The average Bonchev–Trinajstić information content (AvgIpc) is 2.46. The van der Waals surface area contributed by atoms with Crippen LogP contribution in [-0.2, 0) is 14.3 Å². The second-order valence-electron chi connectivity index (χ2n) is 4.56. The number of ketones is 1. The van der Waals surface area contributed by atoms with Gasteiger partial charge in [0.2, 0.25) is 0 Å². The van der Waals surface area contributed by atoms with E-state index in [4.69, 9.17) is 9.47 Å². The summed E-state index contributed by atoms with van der Waals surface area (Å²) in [6.07, 6.45) is 1.43. The predicted molar refractivity (Wildman–Crippen MR) is 69.4 cm³/mol. The van der Waals surface area contributed by atoms with Gasteiger partial charge in [-0.05, 0) is 25.3 Å². The third kappa shape index (κ3) is 3.18. The van der Waals surface area contributed by atoms with E-state index in [1.807, 2.05) is 37.3 Å². The van der Waals surface area contributed by atoms with Gasteiger partial charge in [0, 0.05) is 19.1 Å². The van der Waals surface area contributed by atoms with E-state index in [1.165, 1.54) is 0 Å². The molecule has 2 unspecified atom stereocenters. The molecule has 1 saturated heterocycles. The van der Waals surface area contributed by atoms with Crippen LogP contribution >= 0.6 is 0 Å². The number of ether oxygens (including phenoxy) is 2. The van der Waals surface area contributed by atoms with E-state index in [0.717, 1.165) is 25.0 Å². The minimum Gasteiger partial charge on any atom is -0.381 e. The summed E-state index contributed by atoms with van der Waals surface area (Å²) in [5.41, 5.74) is 0.940. The average molecular weight is 248 g/mol. The highest BCUT2D eigenvalue weighted by Gasteiger charge is 2.30. The zero-order valence-corrected chi connectivity index (χ0v) is 10.8. The molecule has 1 fully saturated rings. The lowest BCUT2D eigenvalue weighted by Crippen LogP contribution is -2.30. The second-order valence-corrected chi connectivity index (χ2v) is 4.56. The molecule has 0 aromatic heterocycles. The summed E-state index contributed by atoms with van der Waals surface area (Å²) in [5, 5.41) is 0. The lowest BCUT2D eigenvalue weighted by Gasteiger charge is -2.25. The highest BCUT2D eigenvalue weighted by Crippen LogP contribution is 2.26. The summed E-state index contributed by atoms with van der Waals surface area (Å²) in [4.78, 5) is 12.5. The molecule has 98 valence electrons. The van der Waals surface area contributed by atoms with Gasteiger partial charge in [-0.3, -0.25) is 4.79 Å². The fraction of sp³-hybridized carbons (Fsp3) is 0.533.